The third-order valence-corrected chi connectivity index (χ3v) is 5.19. The molecule has 0 N–H and O–H groups in total. The zero-order valence-corrected chi connectivity index (χ0v) is 19.6. The maximum absolute atomic E-state index is 13.0. The number of carbonyl (C=O) groups is 2. The highest BCUT2D eigenvalue weighted by atomic mass is 16.2. The van der Waals surface area contributed by atoms with E-state index in [2.05, 4.69) is 27.7 Å². The fraction of sp³-hybridized carbons (Fsp3) is 0.667. The van der Waals surface area contributed by atoms with Gasteiger partial charge >= 0.3 is 0 Å². The molecule has 0 unspecified atom stereocenters. The second kappa shape index (κ2) is 9.11. The highest BCUT2D eigenvalue weighted by Crippen LogP contribution is 2.31. The van der Waals surface area contributed by atoms with Gasteiger partial charge in [-0.2, -0.15) is 0 Å². The van der Waals surface area contributed by atoms with Gasteiger partial charge < -0.3 is 9.80 Å². The molecule has 0 aromatic heterocycles. The van der Waals surface area contributed by atoms with E-state index in [-0.39, 0.29) is 23.9 Å². The fourth-order valence-corrected chi connectivity index (χ4v) is 3.01. The first kappa shape index (κ1) is 24.2. The lowest BCUT2D eigenvalue weighted by Crippen LogP contribution is -2.45. The summed E-state index contributed by atoms with van der Waals surface area (Å²) < 4.78 is 0. The Hall–Kier alpha value is -1.84. The van der Waals surface area contributed by atoms with Crippen molar-refractivity contribution < 1.29 is 9.59 Å². The van der Waals surface area contributed by atoms with E-state index < -0.39 is 10.8 Å². The molecular weight excluding hydrogens is 348 g/mol. The minimum absolute atomic E-state index is 0.110. The van der Waals surface area contributed by atoms with Crippen molar-refractivity contribution in [2.45, 2.75) is 94.2 Å². The number of carbonyl (C=O) groups excluding carboxylic acids is 2. The van der Waals surface area contributed by atoms with Crippen LogP contribution in [0.2, 0.25) is 0 Å². The predicted octanol–water partition coefficient (Wildman–Crippen LogP) is 6.04. The van der Waals surface area contributed by atoms with Crippen molar-refractivity contribution in [1.82, 2.24) is 0 Å². The smallest absolute Gasteiger partial charge is 0.232 e. The summed E-state index contributed by atoms with van der Waals surface area (Å²) in [5, 5.41) is 0. The van der Waals surface area contributed by atoms with Crippen molar-refractivity contribution in [3.05, 3.63) is 24.3 Å². The zero-order valence-electron chi connectivity index (χ0n) is 19.6. The van der Waals surface area contributed by atoms with Crippen LogP contribution >= 0.6 is 0 Å². The molecule has 4 nitrogen and oxygen atoms in total. The van der Waals surface area contributed by atoms with Gasteiger partial charge in [0.2, 0.25) is 11.8 Å². The van der Waals surface area contributed by atoms with Gasteiger partial charge in [0, 0.05) is 34.3 Å². The van der Waals surface area contributed by atoms with Crippen molar-refractivity contribution in [3.63, 3.8) is 0 Å². The molecule has 1 aromatic rings. The summed E-state index contributed by atoms with van der Waals surface area (Å²) in [6.07, 6.45) is 1.76. The molecule has 2 atom stereocenters. The highest BCUT2D eigenvalue weighted by Gasteiger charge is 2.33. The SMILES string of the molecule is CC[C@@H](C)N(C(=O)C(C)(C)C)c1ccc(N(C(=O)C(C)(C)C)[C@H](C)CC)cc1. The molecule has 0 aliphatic rings. The van der Waals surface area contributed by atoms with Crippen LogP contribution in [0.5, 0.6) is 0 Å². The number of nitrogens with zero attached hydrogens (tertiary/aromatic N) is 2. The summed E-state index contributed by atoms with van der Waals surface area (Å²) in [6, 6.07) is 8.10. The Bertz CT molecular complexity index is 606. The number of anilines is 2. The molecule has 2 amide bonds. The number of benzene rings is 1. The van der Waals surface area contributed by atoms with Gasteiger partial charge in [-0.1, -0.05) is 55.4 Å². The molecule has 0 aliphatic carbocycles. The summed E-state index contributed by atoms with van der Waals surface area (Å²) >= 11 is 0. The quantitative estimate of drug-likeness (QED) is 0.596. The van der Waals surface area contributed by atoms with Crippen molar-refractivity contribution in [2.24, 2.45) is 10.8 Å². The van der Waals surface area contributed by atoms with Crippen LogP contribution in [0.15, 0.2) is 24.3 Å². The molecule has 28 heavy (non-hydrogen) atoms. The van der Waals surface area contributed by atoms with Gasteiger partial charge in [0.1, 0.15) is 0 Å². The second-order valence-electron chi connectivity index (χ2n) is 9.88. The lowest BCUT2D eigenvalue weighted by Gasteiger charge is -2.36. The topological polar surface area (TPSA) is 40.6 Å². The van der Waals surface area contributed by atoms with Crippen LogP contribution in [-0.4, -0.2) is 23.9 Å². The maximum atomic E-state index is 13.0. The summed E-state index contributed by atoms with van der Waals surface area (Å²) in [5.74, 6) is 0.221. The number of rotatable bonds is 6. The number of amides is 2. The average Bonchev–Trinajstić information content (AvgIpc) is 2.61. The zero-order chi connectivity index (χ0) is 21.9. The van der Waals surface area contributed by atoms with Gasteiger partial charge in [0.05, 0.1) is 0 Å². The van der Waals surface area contributed by atoms with Crippen LogP contribution in [0.1, 0.15) is 82.1 Å². The van der Waals surface area contributed by atoms with Gasteiger partial charge in [-0.05, 0) is 51.0 Å². The van der Waals surface area contributed by atoms with Gasteiger partial charge in [-0.15, -0.1) is 0 Å². The minimum Gasteiger partial charge on any atom is -0.309 e. The monoisotopic (exact) mass is 388 g/mol. The fourth-order valence-electron chi connectivity index (χ4n) is 3.01. The summed E-state index contributed by atoms with van der Waals surface area (Å²) in [5.41, 5.74) is 0.857. The van der Waals surface area contributed by atoms with Gasteiger partial charge in [0.25, 0.3) is 0 Å². The molecule has 4 heteroatoms. The van der Waals surface area contributed by atoms with Crippen molar-refractivity contribution >= 4 is 23.2 Å². The first-order chi connectivity index (χ1) is 12.8. The van der Waals surface area contributed by atoms with Crippen molar-refractivity contribution in [1.29, 1.82) is 0 Å². The van der Waals surface area contributed by atoms with Crippen LogP contribution in [0, 0.1) is 10.8 Å². The summed E-state index contributed by atoms with van der Waals surface area (Å²) in [7, 11) is 0. The molecule has 0 saturated heterocycles. The van der Waals surface area contributed by atoms with Gasteiger partial charge in [0.15, 0.2) is 0 Å². The Morgan fingerprint density at radius 3 is 1.14 bits per heavy atom. The van der Waals surface area contributed by atoms with E-state index in [1.165, 1.54) is 0 Å². The molecule has 0 heterocycles. The van der Waals surface area contributed by atoms with Crippen LogP contribution in [0.4, 0.5) is 11.4 Å². The summed E-state index contributed by atoms with van der Waals surface area (Å²) in [4.78, 5) is 29.9. The minimum atomic E-state index is -0.451. The third-order valence-electron chi connectivity index (χ3n) is 5.19. The Balaban J connectivity index is 3.35. The van der Waals surface area contributed by atoms with E-state index >= 15 is 0 Å². The van der Waals surface area contributed by atoms with E-state index in [0.717, 1.165) is 24.2 Å². The van der Waals surface area contributed by atoms with Gasteiger partial charge in [-0.25, -0.2) is 0 Å². The molecular formula is C24H40N2O2. The first-order valence-electron chi connectivity index (χ1n) is 10.5. The Kier molecular flexibility index (Phi) is 7.87. The second-order valence-corrected chi connectivity index (χ2v) is 9.88. The van der Waals surface area contributed by atoms with Crippen LogP contribution in [0.25, 0.3) is 0 Å². The standard InChI is InChI=1S/C24H40N2O2/c1-11-17(3)25(21(27)23(5,6)7)19-13-15-20(16-14-19)26(18(4)12-2)22(28)24(8,9)10/h13-18H,11-12H2,1-10H3/t17-,18-/m1/s1. The molecule has 0 bridgehead atoms. The Morgan fingerprint density at radius 2 is 0.964 bits per heavy atom. The van der Waals surface area contributed by atoms with Crippen molar-refractivity contribution in [2.75, 3.05) is 9.80 Å². The van der Waals surface area contributed by atoms with Crippen molar-refractivity contribution in [3.8, 4) is 0 Å². The van der Waals surface area contributed by atoms with E-state index in [4.69, 9.17) is 0 Å². The van der Waals surface area contributed by atoms with E-state index in [1.54, 1.807) is 0 Å². The molecule has 1 rings (SSSR count). The van der Waals surface area contributed by atoms with Crippen LogP contribution in [0.3, 0.4) is 0 Å². The highest BCUT2D eigenvalue weighted by molar-refractivity contribution is 5.99. The molecule has 158 valence electrons. The Morgan fingerprint density at radius 1 is 0.714 bits per heavy atom. The van der Waals surface area contributed by atoms with Gasteiger partial charge in [-0.3, -0.25) is 9.59 Å². The van der Waals surface area contributed by atoms with E-state index in [0.29, 0.717) is 0 Å². The molecule has 0 radical (unpaired) electrons. The third kappa shape index (κ3) is 5.59. The largest absolute Gasteiger partial charge is 0.309 e. The van der Waals surface area contributed by atoms with Crippen LogP contribution in [-0.2, 0) is 9.59 Å². The molecule has 0 aliphatic heterocycles. The predicted molar refractivity (Wildman–Crippen MR) is 120 cm³/mol. The number of hydrogen-bond donors (Lipinski definition) is 0. The maximum Gasteiger partial charge on any atom is 0.232 e. The lowest BCUT2D eigenvalue weighted by molar-refractivity contribution is -0.127. The molecule has 0 saturated carbocycles. The molecule has 1 aromatic carbocycles. The Labute approximate surface area is 172 Å². The normalized spacial score (nSPS) is 14.4. The first-order valence-corrected chi connectivity index (χ1v) is 10.5. The van der Waals surface area contributed by atoms with E-state index in [9.17, 15) is 9.59 Å². The van der Waals surface area contributed by atoms with E-state index in [1.807, 2.05) is 75.6 Å². The number of hydrogen-bond acceptors (Lipinski definition) is 2. The van der Waals surface area contributed by atoms with Crippen LogP contribution < -0.4 is 9.80 Å². The molecule has 0 spiro atoms. The molecule has 0 fully saturated rings. The lowest BCUT2D eigenvalue weighted by atomic mass is 9.92. The average molecular weight is 389 g/mol. The summed E-state index contributed by atoms with van der Waals surface area (Å²) in [6.45, 7) is 20.0.